The molecule has 0 bridgehead atoms. The van der Waals surface area contributed by atoms with Crippen LogP contribution in [0.2, 0.25) is 0 Å². The third-order valence-electron chi connectivity index (χ3n) is 8.38. The van der Waals surface area contributed by atoms with E-state index in [2.05, 4.69) is 0 Å². The highest BCUT2D eigenvalue weighted by Crippen LogP contribution is 2.36. The molecule has 0 saturated carbocycles. The van der Waals surface area contributed by atoms with Gasteiger partial charge in [-0.25, -0.2) is 9.69 Å². The second kappa shape index (κ2) is 18.4. The van der Waals surface area contributed by atoms with Crippen molar-refractivity contribution in [1.82, 2.24) is 4.90 Å². The lowest BCUT2D eigenvalue weighted by Crippen LogP contribution is -2.53. The van der Waals surface area contributed by atoms with E-state index in [9.17, 15) is 29.1 Å². The molecule has 1 aliphatic rings. The normalized spacial score (nSPS) is 17.6. The molecule has 0 aromatic heterocycles. The number of ketones is 2. The number of aliphatic hydroxyl groups excluding tert-OH is 1. The van der Waals surface area contributed by atoms with Crippen LogP contribution in [-0.4, -0.2) is 70.0 Å². The Morgan fingerprint density at radius 3 is 2.15 bits per heavy atom. The molecule has 0 spiro atoms. The van der Waals surface area contributed by atoms with Crippen molar-refractivity contribution in [3.05, 3.63) is 83.9 Å². The van der Waals surface area contributed by atoms with Crippen molar-refractivity contribution in [2.75, 3.05) is 6.61 Å². The van der Waals surface area contributed by atoms with E-state index in [1.165, 1.54) is 0 Å². The van der Waals surface area contributed by atoms with Crippen molar-refractivity contribution in [2.24, 2.45) is 11.8 Å². The quantitative estimate of drug-likeness (QED) is 0.113. The number of hydrogen-bond donors (Lipinski definition) is 1. The molecule has 1 saturated heterocycles. The SMILES string of the molecule is CC(=O)O[C@H](C(=O)/C=C/C(=O)CCCCC[C@@H](CO)OCc1ccccc1)[C@H](Cc1ccccc1)C(=O)N1C(=O)OC(C)(C)C1C(C)C. The van der Waals surface area contributed by atoms with E-state index in [1.54, 1.807) is 38.1 Å². The van der Waals surface area contributed by atoms with Gasteiger partial charge in [-0.1, -0.05) is 87.4 Å². The molecule has 2 amide bonds. The number of rotatable bonds is 19. The first-order chi connectivity index (χ1) is 22.8. The Kier molecular flexibility index (Phi) is 14.7. The zero-order chi connectivity index (χ0) is 35.3. The maximum atomic E-state index is 14.2. The van der Waals surface area contributed by atoms with Gasteiger partial charge in [0.05, 0.1) is 31.3 Å². The molecule has 0 radical (unpaired) electrons. The minimum atomic E-state index is -1.57. The molecular weight excluding hydrogens is 614 g/mol. The van der Waals surface area contributed by atoms with Gasteiger partial charge in [-0.3, -0.25) is 19.2 Å². The summed E-state index contributed by atoms with van der Waals surface area (Å²) in [6, 6.07) is 18.0. The molecule has 48 heavy (non-hydrogen) atoms. The van der Waals surface area contributed by atoms with Crippen LogP contribution in [-0.2, 0) is 46.4 Å². The first kappa shape index (κ1) is 38.3. The summed E-state index contributed by atoms with van der Waals surface area (Å²) < 4.78 is 16.8. The molecule has 1 fully saturated rings. The number of nitrogens with zero attached hydrogens (tertiary/aromatic N) is 1. The minimum absolute atomic E-state index is 0.00403. The second-order valence-corrected chi connectivity index (χ2v) is 13.1. The summed E-state index contributed by atoms with van der Waals surface area (Å²) in [4.78, 5) is 66.7. The van der Waals surface area contributed by atoms with E-state index < -0.39 is 47.4 Å². The number of carbonyl (C=O) groups is 5. The minimum Gasteiger partial charge on any atom is -0.453 e. The van der Waals surface area contributed by atoms with E-state index in [4.69, 9.17) is 14.2 Å². The lowest BCUT2D eigenvalue weighted by molar-refractivity contribution is -0.159. The summed E-state index contributed by atoms with van der Waals surface area (Å²) in [6.45, 7) is 8.64. The number of carbonyl (C=O) groups excluding carboxylic acids is 5. The smallest absolute Gasteiger partial charge is 0.417 e. The number of imide groups is 1. The van der Waals surface area contributed by atoms with Crippen molar-refractivity contribution >= 4 is 29.5 Å². The van der Waals surface area contributed by atoms with Crippen LogP contribution in [0.15, 0.2) is 72.8 Å². The number of allylic oxidation sites excluding steroid dienone is 1. The lowest BCUT2D eigenvalue weighted by Gasteiger charge is -2.34. The Morgan fingerprint density at radius 1 is 0.938 bits per heavy atom. The van der Waals surface area contributed by atoms with Crippen molar-refractivity contribution in [2.45, 2.75) is 104 Å². The van der Waals surface area contributed by atoms with E-state index in [0.717, 1.165) is 42.4 Å². The molecule has 260 valence electrons. The van der Waals surface area contributed by atoms with Crippen LogP contribution in [0.1, 0.15) is 77.8 Å². The summed E-state index contributed by atoms with van der Waals surface area (Å²) in [6.07, 6.45) is 2.38. The Labute approximate surface area is 283 Å². The molecular formula is C38H49NO9. The fraction of sp³-hybridized carbons (Fsp3) is 0.500. The second-order valence-electron chi connectivity index (χ2n) is 13.1. The number of ether oxygens (including phenoxy) is 3. The molecule has 1 aliphatic heterocycles. The fourth-order valence-corrected chi connectivity index (χ4v) is 6.19. The van der Waals surface area contributed by atoms with Crippen molar-refractivity contribution in [1.29, 1.82) is 0 Å². The monoisotopic (exact) mass is 663 g/mol. The number of cyclic esters (lactones) is 1. The molecule has 10 nitrogen and oxygen atoms in total. The Morgan fingerprint density at radius 2 is 1.56 bits per heavy atom. The number of hydrogen-bond acceptors (Lipinski definition) is 9. The molecule has 1 heterocycles. The molecule has 1 unspecified atom stereocenters. The number of benzene rings is 2. The van der Waals surface area contributed by atoms with Gasteiger partial charge in [0, 0.05) is 13.3 Å². The average Bonchev–Trinajstić information content (AvgIpc) is 3.31. The van der Waals surface area contributed by atoms with Crippen molar-refractivity contribution < 1.29 is 43.3 Å². The van der Waals surface area contributed by atoms with E-state index >= 15 is 0 Å². The van der Waals surface area contributed by atoms with Crippen LogP contribution in [0.5, 0.6) is 0 Å². The summed E-state index contributed by atoms with van der Waals surface area (Å²) in [7, 11) is 0. The van der Waals surface area contributed by atoms with Gasteiger partial charge in [0.15, 0.2) is 17.7 Å². The maximum absolute atomic E-state index is 14.2. The molecule has 2 aromatic carbocycles. The first-order valence-corrected chi connectivity index (χ1v) is 16.6. The topological polar surface area (TPSA) is 137 Å². The maximum Gasteiger partial charge on any atom is 0.417 e. The predicted molar refractivity (Wildman–Crippen MR) is 180 cm³/mol. The summed E-state index contributed by atoms with van der Waals surface area (Å²) in [5.41, 5.74) is 0.749. The third-order valence-corrected chi connectivity index (χ3v) is 8.38. The van der Waals surface area contributed by atoms with Gasteiger partial charge in [-0.05, 0) is 62.3 Å². The Hall–Kier alpha value is -4.15. The molecule has 4 atom stereocenters. The van der Waals surface area contributed by atoms with Crippen molar-refractivity contribution in [3.63, 3.8) is 0 Å². The summed E-state index contributed by atoms with van der Waals surface area (Å²) in [5, 5.41) is 9.66. The first-order valence-electron chi connectivity index (χ1n) is 16.6. The van der Waals surface area contributed by atoms with Gasteiger partial charge >= 0.3 is 12.1 Å². The zero-order valence-corrected chi connectivity index (χ0v) is 28.6. The highest BCUT2D eigenvalue weighted by atomic mass is 16.6. The van der Waals surface area contributed by atoms with E-state index in [-0.39, 0.29) is 37.3 Å². The molecule has 2 aromatic rings. The largest absolute Gasteiger partial charge is 0.453 e. The summed E-state index contributed by atoms with van der Waals surface area (Å²) in [5.74, 6) is -3.92. The van der Waals surface area contributed by atoms with Crippen molar-refractivity contribution in [3.8, 4) is 0 Å². The molecule has 1 N–H and O–H groups in total. The highest BCUT2D eigenvalue weighted by Gasteiger charge is 2.54. The third kappa shape index (κ3) is 11.2. The van der Waals surface area contributed by atoms with Crippen LogP contribution in [0, 0.1) is 11.8 Å². The number of unbranched alkanes of at least 4 members (excludes halogenated alkanes) is 2. The van der Waals surface area contributed by atoms with Crippen LogP contribution >= 0.6 is 0 Å². The fourth-order valence-electron chi connectivity index (χ4n) is 6.19. The predicted octanol–water partition coefficient (Wildman–Crippen LogP) is 5.78. The van der Waals surface area contributed by atoms with Crippen LogP contribution in [0.3, 0.4) is 0 Å². The van der Waals surface area contributed by atoms with Crippen LogP contribution in [0.4, 0.5) is 4.79 Å². The highest BCUT2D eigenvalue weighted by molar-refractivity contribution is 6.05. The number of amides is 2. The zero-order valence-electron chi connectivity index (χ0n) is 28.6. The van der Waals surface area contributed by atoms with Gasteiger partial charge < -0.3 is 19.3 Å². The van der Waals surface area contributed by atoms with Crippen LogP contribution < -0.4 is 0 Å². The van der Waals surface area contributed by atoms with Gasteiger partial charge in [0.1, 0.15) is 5.60 Å². The molecule has 10 heteroatoms. The number of esters is 1. The van der Waals surface area contributed by atoms with Gasteiger partial charge in [-0.2, -0.15) is 0 Å². The Balaban J connectivity index is 1.66. The number of aliphatic hydroxyl groups is 1. The van der Waals surface area contributed by atoms with Gasteiger partial charge in [0.25, 0.3) is 0 Å². The molecule has 3 rings (SSSR count). The average molecular weight is 664 g/mol. The van der Waals surface area contributed by atoms with E-state index in [1.807, 2.05) is 50.2 Å². The summed E-state index contributed by atoms with van der Waals surface area (Å²) >= 11 is 0. The van der Waals surface area contributed by atoms with Gasteiger partial charge in [0.2, 0.25) is 5.91 Å². The van der Waals surface area contributed by atoms with Crippen LogP contribution in [0.25, 0.3) is 0 Å². The molecule has 0 aliphatic carbocycles. The lowest BCUT2D eigenvalue weighted by atomic mass is 9.85. The van der Waals surface area contributed by atoms with E-state index in [0.29, 0.717) is 25.0 Å². The standard InChI is InChI=1S/C38H49NO9/c1-26(2)35-38(4,5)48-37(45)39(35)36(44)32(23-28-15-9-6-10-16-28)34(47-27(3)41)33(43)22-21-30(42)19-13-8-14-20-31(24-40)46-25-29-17-11-7-12-18-29/h6-7,9-12,15-18,21-22,26,31-32,34-35,40H,8,13-14,19-20,23-25H2,1-5H3/b22-21+/t31-,32-,34-,35?/m0/s1. The van der Waals surface area contributed by atoms with Gasteiger partial charge in [-0.15, -0.1) is 0 Å². The Bertz CT molecular complexity index is 1400.